The summed E-state index contributed by atoms with van der Waals surface area (Å²) in [6.07, 6.45) is 0. The number of carbonyl (C=O) groups excluding carboxylic acids is 1. The van der Waals surface area contributed by atoms with Crippen LogP contribution < -0.4 is 10.6 Å². The Morgan fingerprint density at radius 3 is 2.40 bits per heavy atom. The number of halogens is 1. The van der Waals surface area contributed by atoms with Gasteiger partial charge in [-0.05, 0) is 30.0 Å². The van der Waals surface area contributed by atoms with Crippen molar-refractivity contribution >= 4 is 29.3 Å². The fraction of sp³-hybridized carbons (Fsp3) is 0.429. The number of urea groups is 1. The number of aliphatic carboxylic acids is 1. The van der Waals surface area contributed by atoms with Gasteiger partial charge in [-0.1, -0.05) is 38.4 Å². The largest absolute Gasteiger partial charge is 0.480 e. The molecule has 5 nitrogen and oxygen atoms in total. The smallest absolute Gasteiger partial charge is 0.326 e. The summed E-state index contributed by atoms with van der Waals surface area (Å²) >= 11 is 5.97. The van der Waals surface area contributed by atoms with E-state index < -0.39 is 23.5 Å². The summed E-state index contributed by atoms with van der Waals surface area (Å²) < 4.78 is 0. The third-order valence-electron chi connectivity index (χ3n) is 2.76. The van der Waals surface area contributed by atoms with Gasteiger partial charge in [-0.15, -0.1) is 0 Å². The first kappa shape index (κ1) is 16.3. The Morgan fingerprint density at radius 2 is 1.90 bits per heavy atom. The van der Waals surface area contributed by atoms with E-state index in [1.165, 1.54) is 0 Å². The van der Waals surface area contributed by atoms with Crippen LogP contribution in [-0.2, 0) is 4.79 Å². The quantitative estimate of drug-likeness (QED) is 0.801. The zero-order valence-corrected chi connectivity index (χ0v) is 12.7. The van der Waals surface area contributed by atoms with Crippen molar-refractivity contribution in [3.05, 3.63) is 28.8 Å². The van der Waals surface area contributed by atoms with E-state index in [2.05, 4.69) is 10.6 Å². The molecule has 0 radical (unpaired) electrons. The predicted molar refractivity (Wildman–Crippen MR) is 79.2 cm³/mol. The number of anilines is 1. The molecule has 0 bridgehead atoms. The minimum absolute atomic E-state index is 0.397. The Hall–Kier alpha value is -1.75. The van der Waals surface area contributed by atoms with Crippen molar-refractivity contribution in [2.75, 3.05) is 5.32 Å². The maximum Gasteiger partial charge on any atom is 0.326 e. The molecule has 1 rings (SSSR count). The Bertz CT molecular complexity index is 524. The van der Waals surface area contributed by atoms with Gasteiger partial charge >= 0.3 is 12.0 Å². The first-order valence-corrected chi connectivity index (χ1v) is 6.55. The van der Waals surface area contributed by atoms with Gasteiger partial charge in [-0.25, -0.2) is 9.59 Å². The van der Waals surface area contributed by atoms with Gasteiger partial charge in [0, 0.05) is 0 Å². The van der Waals surface area contributed by atoms with E-state index in [1.54, 1.807) is 32.9 Å². The van der Waals surface area contributed by atoms with Crippen molar-refractivity contribution in [2.45, 2.75) is 33.7 Å². The molecule has 2 amide bonds. The second-order valence-electron chi connectivity index (χ2n) is 5.72. The summed E-state index contributed by atoms with van der Waals surface area (Å²) in [5.74, 6) is -1.08. The summed E-state index contributed by atoms with van der Waals surface area (Å²) in [5, 5.41) is 14.6. The third-order valence-corrected chi connectivity index (χ3v) is 3.09. The number of carboxylic acid groups (broad SMARTS) is 1. The topological polar surface area (TPSA) is 78.4 Å². The second kappa shape index (κ2) is 6.13. The molecule has 0 saturated heterocycles. The standard InChI is InChI=1S/C14H19ClN2O3/c1-8-5-6-9(15)10(7-8)16-13(20)17-11(12(18)19)14(2,3)4/h5-7,11H,1-4H3,(H,18,19)(H2,16,17,20). The maximum atomic E-state index is 11.9. The van der Waals surface area contributed by atoms with Crippen LogP contribution in [0.3, 0.4) is 0 Å². The number of carbonyl (C=O) groups is 2. The molecule has 3 N–H and O–H groups in total. The van der Waals surface area contributed by atoms with Crippen LogP contribution in [0, 0.1) is 12.3 Å². The maximum absolute atomic E-state index is 11.9. The van der Waals surface area contributed by atoms with Gasteiger partial charge in [0.1, 0.15) is 6.04 Å². The van der Waals surface area contributed by atoms with E-state index in [0.717, 1.165) is 5.56 Å². The van der Waals surface area contributed by atoms with Gasteiger partial charge < -0.3 is 15.7 Å². The zero-order valence-electron chi connectivity index (χ0n) is 12.0. The highest BCUT2D eigenvalue weighted by Crippen LogP contribution is 2.23. The summed E-state index contributed by atoms with van der Waals surface area (Å²) in [6.45, 7) is 7.09. The lowest BCUT2D eigenvalue weighted by Crippen LogP contribution is -2.50. The normalized spacial score (nSPS) is 12.7. The van der Waals surface area contributed by atoms with Crippen molar-refractivity contribution in [1.82, 2.24) is 5.32 Å². The van der Waals surface area contributed by atoms with Gasteiger partial charge in [-0.3, -0.25) is 0 Å². The number of nitrogens with one attached hydrogen (secondary N) is 2. The van der Waals surface area contributed by atoms with E-state index >= 15 is 0 Å². The van der Waals surface area contributed by atoms with E-state index in [-0.39, 0.29) is 0 Å². The Kier molecular flexibility index (Phi) is 5.00. The van der Waals surface area contributed by atoms with E-state index in [1.807, 2.05) is 13.0 Å². The van der Waals surface area contributed by atoms with Crippen molar-refractivity contribution in [3.8, 4) is 0 Å². The van der Waals surface area contributed by atoms with Gasteiger partial charge in [0.15, 0.2) is 0 Å². The summed E-state index contributed by atoms with van der Waals surface area (Å²) in [4.78, 5) is 23.1. The number of rotatable bonds is 3. The minimum Gasteiger partial charge on any atom is -0.480 e. The fourth-order valence-electron chi connectivity index (χ4n) is 1.67. The van der Waals surface area contributed by atoms with E-state index in [9.17, 15) is 9.59 Å². The van der Waals surface area contributed by atoms with Crippen LogP contribution in [0.1, 0.15) is 26.3 Å². The lowest BCUT2D eigenvalue weighted by atomic mass is 9.87. The Balaban J connectivity index is 2.81. The zero-order chi connectivity index (χ0) is 15.5. The van der Waals surface area contributed by atoms with Crippen LogP contribution in [0.5, 0.6) is 0 Å². The van der Waals surface area contributed by atoms with Gasteiger partial charge in [0.2, 0.25) is 0 Å². The van der Waals surface area contributed by atoms with Crippen molar-refractivity contribution in [1.29, 1.82) is 0 Å². The summed E-state index contributed by atoms with van der Waals surface area (Å²) in [5.41, 5.74) is 0.789. The van der Waals surface area contributed by atoms with E-state index in [0.29, 0.717) is 10.7 Å². The molecule has 0 aliphatic rings. The number of hydrogen-bond acceptors (Lipinski definition) is 2. The van der Waals surface area contributed by atoms with Crippen molar-refractivity contribution < 1.29 is 14.7 Å². The predicted octanol–water partition coefficient (Wildman–Crippen LogP) is 3.27. The van der Waals surface area contributed by atoms with Crippen molar-refractivity contribution in [3.63, 3.8) is 0 Å². The molecule has 1 unspecified atom stereocenters. The molecule has 0 aliphatic heterocycles. The summed E-state index contributed by atoms with van der Waals surface area (Å²) in [6, 6.07) is 3.62. The first-order valence-electron chi connectivity index (χ1n) is 6.17. The number of amides is 2. The highest BCUT2D eigenvalue weighted by Gasteiger charge is 2.32. The number of hydrogen-bond donors (Lipinski definition) is 3. The first-order chi connectivity index (χ1) is 9.11. The molecule has 6 heteroatoms. The molecule has 1 aromatic rings. The molecule has 0 spiro atoms. The molecule has 0 aliphatic carbocycles. The molecule has 1 atom stereocenters. The third kappa shape index (κ3) is 4.42. The molecule has 0 fully saturated rings. The molecule has 0 saturated carbocycles. The lowest BCUT2D eigenvalue weighted by Gasteiger charge is -2.27. The highest BCUT2D eigenvalue weighted by molar-refractivity contribution is 6.33. The summed E-state index contributed by atoms with van der Waals surface area (Å²) in [7, 11) is 0. The number of aryl methyl sites for hydroxylation is 1. The van der Waals surface area contributed by atoms with Gasteiger partial charge in [-0.2, -0.15) is 0 Å². The highest BCUT2D eigenvalue weighted by atomic mass is 35.5. The van der Waals surface area contributed by atoms with Crippen LogP contribution in [0.25, 0.3) is 0 Å². The molecule has 0 heterocycles. The number of benzene rings is 1. The molecular weight excluding hydrogens is 280 g/mol. The molecule has 20 heavy (non-hydrogen) atoms. The van der Waals surface area contributed by atoms with Gasteiger partial charge in [0.05, 0.1) is 10.7 Å². The lowest BCUT2D eigenvalue weighted by molar-refractivity contribution is -0.141. The van der Waals surface area contributed by atoms with Crippen LogP contribution in [-0.4, -0.2) is 23.1 Å². The van der Waals surface area contributed by atoms with Crippen LogP contribution in [0.2, 0.25) is 5.02 Å². The molecule has 110 valence electrons. The number of carboxylic acids is 1. The van der Waals surface area contributed by atoms with Crippen LogP contribution >= 0.6 is 11.6 Å². The average molecular weight is 299 g/mol. The minimum atomic E-state index is -1.08. The monoisotopic (exact) mass is 298 g/mol. The van der Waals surface area contributed by atoms with Crippen LogP contribution in [0.4, 0.5) is 10.5 Å². The average Bonchev–Trinajstić information content (AvgIpc) is 2.29. The second-order valence-corrected chi connectivity index (χ2v) is 6.13. The molecular formula is C14H19ClN2O3. The molecule has 1 aromatic carbocycles. The molecule has 0 aromatic heterocycles. The van der Waals surface area contributed by atoms with E-state index in [4.69, 9.17) is 16.7 Å². The van der Waals surface area contributed by atoms with Crippen LogP contribution in [0.15, 0.2) is 18.2 Å². The Morgan fingerprint density at radius 1 is 1.30 bits per heavy atom. The SMILES string of the molecule is Cc1ccc(Cl)c(NC(=O)NC(C(=O)O)C(C)(C)C)c1. The Labute approximate surface area is 123 Å². The van der Waals surface area contributed by atoms with Crippen molar-refractivity contribution in [2.24, 2.45) is 5.41 Å². The fourth-order valence-corrected chi connectivity index (χ4v) is 1.84. The van der Waals surface area contributed by atoms with Gasteiger partial charge in [0.25, 0.3) is 0 Å².